The Balaban J connectivity index is 2.39. The van der Waals surface area contributed by atoms with Gasteiger partial charge in [0.05, 0.1) is 12.2 Å². The molecule has 20 heavy (non-hydrogen) atoms. The summed E-state index contributed by atoms with van der Waals surface area (Å²) in [5, 5.41) is 0. The Morgan fingerprint density at radius 3 is 2.30 bits per heavy atom. The van der Waals surface area contributed by atoms with Gasteiger partial charge in [0.25, 0.3) is 0 Å². The zero-order valence-corrected chi connectivity index (χ0v) is 11.8. The van der Waals surface area contributed by atoms with Crippen LogP contribution in [0, 0.1) is 0 Å². The molecule has 0 aromatic heterocycles. The van der Waals surface area contributed by atoms with E-state index in [2.05, 4.69) is 6.92 Å². The van der Waals surface area contributed by atoms with Gasteiger partial charge in [-0.3, -0.25) is 0 Å². The molecule has 1 aromatic rings. The second kappa shape index (κ2) is 8.02. The second-order valence-electron chi connectivity index (χ2n) is 4.90. The molecule has 0 heterocycles. The highest BCUT2D eigenvalue weighted by Gasteiger charge is 2.31. The zero-order valence-electron chi connectivity index (χ0n) is 11.8. The van der Waals surface area contributed by atoms with E-state index in [1.165, 1.54) is 25.3 Å². The highest BCUT2D eigenvalue weighted by Crippen LogP contribution is 2.33. The number of nitrogens with two attached hydrogens (primary N) is 1. The molecule has 0 unspecified atom stereocenters. The predicted molar refractivity (Wildman–Crippen MR) is 74.7 cm³/mol. The van der Waals surface area contributed by atoms with Crippen LogP contribution in [0.15, 0.2) is 18.2 Å². The van der Waals surface area contributed by atoms with Crippen LogP contribution in [-0.2, 0) is 6.18 Å². The number of unbranched alkanes of at least 4 members (excludes halogenated alkanes) is 5. The van der Waals surface area contributed by atoms with E-state index in [1.807, 2.05) is 0 Å². The Morgan fingerprint density at radius 1 is 1.00 bits per heavy atom. The molecule has 1 rings (SSSR count). The Labute approximate surface area is 118 Å². The predicted octanol–water partition coefficient (Wildman–Crippen LogP) is 5.03. The molecule has 0 bridgehead atoms. The van der Waals surface area contributed by atoms with Crippen molar-refractivity contribution in [2.45, 2.75) is 51.6 Å². The maximum absolute atomic E-state index is 12.6. The minimum atomic E-state index is -4.40. The van der Waals surface area contributed by atoms with Gasteiger partial charge in [-0.15, -0.1) is 0 Å². The van der Waals surface area contributed by atoms with Crippen LogP contribution < -0.4 is 10.5 Å². The molecule has 0 aliphatic rings. The molecule has 0 fully saturated rings. The van der Waals surface area contributed by atoms with Gasteiger partial charge in [-0.05, 0) is 18.6 Å². The van der Waals surface area contributed by atoms with Crippen LogP contribution >= 0.6 is 0 Å². The van der Waals surface area contributed by atoms with E-state index in [1.54, 1.807) is 0 Å². The molecule has 0 aliphatic heterocycles. The smallest absolute Gasteiger partial charge is 0.416 e. The largest absolute Gasteiger partial charge is 0.494 e. The van der Waals surface area contributed by atoms with Crippen molar-refractivity contribution in [3.8, 4) is 5.75 Å². The maximum atomic E-state index is 12.6. The normalized spacial score (nSPS) is 11.6. The zero-order chi connectivity index (χ0) is 15.0. The van der Waals surface area contributed by atoms with Crippen molar-refractivity contribution in [2.75, 3.05) is 12.3 Å². The molecule has 2 nitrogen and oxygen atoms in total. The van der Waals surface area contributed by atoms with Gasteiger partial charge >= 0.3 is 6.18 Å². The van der Waals surface area contributed by atoms with Crippen LogP contribution in [0.5, 0.6) is 5.75 Å². The first-order valence-electron chi connectivity index (χ1n) is 7.04. The summed E-state index contributed by atoms with van der Waals surface area (Å²) in [5.41, 5.74) is 4.76. The van der Waals surface area contributed by atoms with Crippen LogP contribution in [0.3, 0.4) is 0 Å². The standard InChI is InChI=1S/C15H22F3NO/c1-2-3-4-5-6-7-8-20-14-10-12(15(16,17)18)9-13(19)11-14/h9-11H,2-8,19H2,1H3. The number of hydrogen-bond acceptors (Lipinski definition) is 2. The van der Waals surface area contributed by atoms with Crippen LogP contribution in [0.25, 0.3) is 0 Å². The fraction of sp³-hybridized carbons (Fsp3) is 0.600. The molecule has 0 aliphatic carbocycles. The molecular weight excluding hydrogens is 267 g/mol. The summed E-state index contributed by atoms with van der Waals surface area (Å²) >= 11 is 0. The fourth-order valence-corrected chi connectivity index (χ4v) is 1.94. The Kier molecular flexibility index (Phi) is 6.68. The van der Waals surface area contributed by atoms with Gasteiger partial charge in [0.2, 0.25) is 0 Å². The number of anilines is 1. The van der Waals surface area contributed by atoms with Gasteiger partial charge in [0.15, 0.2) is 0 Å². The van der Waals surface area contributed by atoms with E-state index in [-0.39, 0.29) is 11.4 Å². The summed E-state index contributed by atoms with van der Waals surface area (Å²) in [5.74, 6) is 0.186. The third kappa shape index (κ3) is 6.17. The molecule has 0 atom stereocenters. The first kappa shape index (κ1) is 16.7. The summed E-state index contributed by atoms with van der Waals surface area (Å²) in [4.78, 5) is 0. The van der Waals surface area contributed by atoms with Crippen molar-refractivity contribution in [1.29, 1.82) is 0 Å². The second-order valence-corrected chi connectivity index (χ2v) is 4.90. The molecule has 0 radical (unpaired) electrons. The summed E-state index contributed by atoms with van der Waals surface area (Å²) in [6.07, 6.45) is 2.25. The van der Waals surface area contributed by atoms with Crippen molar-refractivity contribution in [2.24, 2.45) is 0 Å². The fourth-order valence-electron chi connectivity index (χ4n) is 1.94. The van der Waals surface area contributed by atoms with E-state index in [0.29, 0.717) is 6.61 Å². The van der Waals surface area contributed by atoms with Crippen LogP contribution in [0.1, 0.15) is 51.0 Å². The molecular formula is C15H22F3NO. The van der Waals surface area contributed by atoms with Crippen LogP contribution in [0.4, 0.5) is 18.9 Å². The monoisotopic (exact) mass is 289 g/mol. The lowest BCUT2D eigenvalue weighted by molar-refractivity contribution is -0.137. The average molecular weight is 289 g/mol. The van der Waals surface area contributed by atoms with E-state index in [4.69, 9.17) is 10.5 Å². The molecule has 2 N–H and O–H groups in total. The minimum absolute atomic E-state index is 0.0674. The van der Waals surface area contributed by atoms with Gasteiger partial charge in [0.1, 0.15) is 5.75 Å². The maximum Gasteiger partial charge on any atom is 0.416 e. The van der Waals surface area contributed by atoms with Crippen LogP contribution in [-0.4, -0.2) is 6.61 Å². The van der Waals surface area contributed by atoms with E-state index in [0.717, 1.165) is 31.4 Å². The number of nitrogen functional groups attached to an aromatic ring is 1. The van der Waals surface area contributed by atoms with E-state index < -0.39 is 11.7 Å². The Hall–Kier alpha value is -1.39. The number of alkyl halides is 3. The van der Waals surface area contributed by atoms with E-state index in [9.17, 15) is 13.2 Å². The van der Waals surface area contributed by atoms with Gasteiger partial charge in [-0.2, -0.15) is 13.2 Å². The quantitative estimate of drug-likeness (QED) is 0.538. The van der Waals surface area contributed by atoms with Gasteiger partial charge in [-0.1, -0.05) is 39.0 Å². The highest BCUT2D eigenvalue weighted by molar-refractivity contribution is 5.48. The molecule has 114 valence electrons. The molecule has 5 heteroatoms. The first-order valence-corrected chi connectivity index (χ1v) is 7.04. The van der Waals surface area contributed by atoms with E-state index >= 15 is 0 Å². The summed E-state index contributed by atoms with van der Waals surface area (Å²) in [6.45, 7) is 2.58. The number of hydrogen-bond donors (Lipinski definition) is 1. The SMILES string of the molecule is CCCCCCCCOc1cc(N)cc(C(F)(F)F)c1. The third-order valence-electron chi connectivity index (χ3n) is 3.02. The highest BCUT2D eigenvalue weighted by atomic mass is 19.4. The number of rotatable bonds is 8. The molecule has 1 aromatic carbocycles. The summed E-state index contributed by atoms with van der Waals surface area (Å²) in [6, 6.07) is 3.33. The Bertz CT molecular complexity index is 405. The average Bonchev–Trinajstić information content (AvgIpc) is 2.36. The number of halogens is 3. The first-order chi connectivity index (χ1) is 9.43. The lowest BCUT2D eigenvalue weighted by atomic mass is 10.1. The van der Waals surface area contributed by atoms with Crippen molar-refractivity contribution >= 4 is 5.69 Å². The molecule has 0 saturated heterocycles. The Morgan fingerprint density at radius 2 is 1.65 bits per heavy atom. The van der Waals surface area contributed by atoms with Crippen LogP contribution in [0.2, 0.25) is 0 Å². The van der Waals surface area contributed by atoms with Gasteiger partial charge < -0.3 is 10.5 Å². The number of benzene rings is 1. The topological polar surface area (TPSA) is 35.2 Å². The van der Waals surface area contributed by atoms with Crippen molar-refractivity contribution in [1.82, 2.24) is 0 Å². The molecule has 0 amide bonds. The third-order valence-corrected chi connectivity index (χ3v) is 3.02. The lowest BCUT2D eigenvalue weighted by Gasteiger charge is -2.11. The number of ether oxygens (including phenoxy) is 1. The summed E-state index contributed by atoms with van der Waals surface area (Å²) in [7, 11) is 0. The van der Waals surface area contributed by atoms with Crippen molar-refractivity contribution in [3.05, 3.63) is 23.8 Å². The minimum Gasteiger partial charge on any atom is -0.494 e. The van der Waals surface area contributed by atoms with Gasteiger partial charge in [-0.25, -0.2) is 0 Å². The van der Waals surface area contributed by atoms with Crippen molar-refractivity contribution < 1.29 is 17.9 Å². The lowest BCUT2D eigenvalue weighted by Crippen LogP contribution is -2.07. The summed E-state index contributed by atoms with van der Waals surface area (Å²) < 4.78 is 43.1. The molecule has 0 spiro atoms. The van der Waals surface area contributed by atoms with Crippen molar-refractivity contribution in [3.63, 3.8) is 0 Å². The van der Waals surface area contributed by atoms with Gasteiger partial charge in [0, 0.05) is 11.8 Å². The molecule has 0 saturated carbocycles.